The number of anilines is 1. The Morgan fingerprint density at radius 1 is 1.18 bits per heavy atom. The van der Waals surface area contributed by atoms with E-state index in [-0.39, 0.29) is 21.9 Å². The topological polar surface area (TPSA) is 115 Å². The molecule has 1 aromatic heterocycles. The Morgan fingerprint density at radius 3 is 2.39 bits per heavy atom. The molecule has 2 rings (SSSR count). The third-order valence-corrected chi connectivity index (χ3v) is 5.64. The summed E-state index contributed by atoms with van der Waals surface area (Å²) >= 11 is 0. The summed E-state index contributed by atoms with van der Waals surface area (Å²) in [6.07, 6.45) is 0. The normalized spacial score (nSPS) is 11.4. The van der Waals surface area contributed by atoms with Gasteiger partial charge in [0.2, 0.25) is 10.0 Å². The van der Waals surface area contributed by atoms with E-state index in [2.05, 4.69) is 5.32 Å². The van der Waals surface area contributed by atoms with Gasteiger partial charge in [0.25, 0.3) is 5.91 Å². The highest BCUT2D eigenvalue weighted by Crippen LogP contribution is 2.28. The van der Waals surface area contributed by atoms with Gasteiger partial charge in [-0.2, -0.15) is 0 Å². The largest absolute Gasteiger partial charge is 0.495 e. The second-order valence-electron chi connectivity index (χ2n) is 6.10. The number of benzene rings is 1. The molecule has 0 aliphatic carbocycles. The fourth-order valence-electron chi connectivity index (χ4n) is 2.39. The van der Waals surface area contributed by atoms with Crippen LogP contribution in [0.3, 0.4) is 0 Å². The first-order valence-electron chi connectivity index (χ1n) is 8.21. The van der Waals surface area contributed by atoms with Crippen molar-refractivity contribution in [3.63, 3.8) is 0 Å². The summed E-state index contributed by atoms with van der Waals surface area (Å²) in [5.41, 5.74) is 0.465. The van der Waals surface area contributed by atoms with Crippen LogP contribution in [0.5, 0.6) is 5.75 Å². The fraction of sp³-hybridized carbons (Fsp3) is 0.333. The zero-order valence-corrected chi connectivity index (χ0v) is 17.0. The molecule has 1 aromatic carbocycles. The highest BCUT2D eigenvalue weighted by atomic mass is 32.2. The smallest absolute Gasteiger partial charge is 0.342 e. The lowest BCUT2D eigenvalue weighted by atomic mass is 10.2. The van der Waals surface area contributed by atoms with Crippen molar-refractivity contribution < 1.29 is 31.9 Å². The number of hydrogen-bond donors (Lipinski definition) is 1. The lowest BCUT2D eigenvalue weighted by Crippen LogP contribution is -2.24. The van der Waals surface area contributed by atoms with E-state index in [0.29, 0.717) is 11.5 Å². The maximum absolute atomic E-state index is 12.4. The number of hydrogen-bond acceptors (Lipinski definition) is 7. The van der Waals surface area contributed by atoms with Gasteiger partial charge in [-0.3, -0.25) is 4.79 Å². The number of rotatable bonds is 7. The van der Waals surface area contributed by atoms with Crippen molar-refractivity contribution in [1.29, 1.82) is 0 Å². The summed E-state index contributed by atoms with van der Waals surface area (Å²) in [5.74, 6) is -0.206. The number of carbonyl (C=O) groups excluding carboxylic acids is 2. The number of carbonyl (C=O) groups is 2. The molecule has 0 unspecified atom stereocenters. The van der Waals surface area contributed by atoms with Crippen LogP contribution in [0.4, 0.5) is 5.69 Å². The van der Waals surface area contributed by atoms with Crippen LogP contribution in [0, 0.1) is 13.8 Å². The Morgan fingerprint density at radius 2 is 1.86 bits per heavy atom. The van der Waals surface area contributed by atoms with Gasteiger partial charge in [-0.15, -0.1) is 0 Å². The van der Waals surface area contributed by atoms with Crippen LogP contribution in [0.2, 0.25) is 0 Å². The van der Waals surface area contributed by atoms with Gasteiger partial charge < -0.3 is 19.2 Å². The average Bonchev–Trinajstić information content (AvgIpc) is 2.97. The Hall–Kier alpha value is -2.85. The molecule has 1 heterocycles. The van der Waals surface area contributed by atoms with Crippen LogP contribution in [0.1, 0.15) is 21.9 Å². The highest BCUT2D eigenvalue weighted by Gasteiger charge is 2.23. The van der Waals surface area contributed by atoms with Gasteiger partial charge in [0.05, 0.1) is 7.11 Å². The first-order chi connectivity index (χ1) is 13.1. The number of nitrogens with zero attached hydrogens (tertiary/aromatic N) is 1. The van der Waals surface area contributed by atoms with E-state index >= 15 is 0 Å². The Bertz CT molecular complexity index is 993. The third kappa shape index (κ3) is 4.70. The average molecular weight is 410 g/mol. The molecule has 0 spiro atoms. The number of ether oxygens (including phenoxy) is 2. The lowest BCUT2D eigenvalue weighted by Gasteiger charge is -2.16. The first-order valence-corrected chi connectivity index (χ1v) is 9.65. The molecule has 0 bridgehead atoms. The van der Waals surface area contributed by atoms with Crippen LogP contribution in [-0.4, -0.2) is 52.4 Å². The molecule has 9 nitrogen and oxygen atoms in total. The molecule has 1 amide bonds. The Balaban J connectivity index is 2.10. The third-order valence-electron chi connectivity index (χ3n) is 3.80. The van der Waals surface area contributed by atoms with E-state index in [1.807, 2.05) is 0 Å². The minimum atomic E-state index is -3.78. The first kappa shape index (κ1) is 21.5. The molecule has 2 aromatic rings. The predicted molar refractivity (Wildman–Crippen MR) is 101 cm³/mol. The summed E-state index contributed by atoms with van der Waals surface area (Å²) < 4.78 is 41.2. The van der Waals surface area contributed by atoms with E-state index in [1.165, 1.54) is 45.5 Å². The number of nitrogens with one attached hydrogen (secondary N) is 1. The van der Waals surface area contributed by atoms with E-state index in [0.717, 1.165) is 4.31 Å². The van der Waals surface area contributed by atoms with Crippen LogP contribution >= 0.6 is 0 Å². The van der Waals surface area contributed by atoms with Gasteiger partial charge in [0.1, 0.15) is 27.7 Å². The van der Waals surface area contributed by atoms with Crippen molar-refractivity contribution in [2.24, 2.45) is 0 Å². The summed E-state index contributed by atoms with van der Waals surface area (Å²) in [6.45, 7) is 2.78. The monoisotopic (exact) mass is 410 g/mol. The van der Waals surface area contributed by atoms with Gasteiger partial charge in [-0.1, -0.05) is 0 Å². The second kappa shape index (κ2) is 8.44. The lowest BCUT2D eigenvalue weighted by molar-refractivity contribution is -0.119. The number of aryl methyl sites for hydroxylation is 2. The van der Waals surface area contributed by atoms with Gasteiger partial charge in [-0.25, -0.2) is 17.5 Å². The zero-order valence-electron chi connectivity index (χ0n) is 16.2. The summed E-state index contributed by atoms with van der Waals surface area (Å²) in [5, 5.41) is 2.49. The molecule has 10 heteroatoms. The molecule has 0 fully saturated rings. The number of furan rings is 1. The maximum atomic E-state index is 12.4. The van der Waals surface area contributed by atoms with Crippen LogP contribution in [-0.2, 0) is 19.6 Å². The van der Waals surface area contributed by atoms with Crippen LogP contribution in [0.25, 0.3) is 0 Å². The molecule has 0 aliphatic rings. The van der Waals surface area contributed by atoms with Gasteiger partial charge in [-0.05, 0) is 38.1 Å². The van der Waals surface area contributed by atoms with E-state index in [1.54, 1.807) is 13.8 Å². The van der Waals surface area contributed by atoms with E-state index in [4.69, 9.17) is 13.9 Å². The summed E-state index contributed by atoms with van der Waals surface area (Å²) in [7, 11) is 0.343. The van der Waals surface area contributed by atoms with Crippen molar-refractivity contribution in [3.8, 4) is 5.75 Å². The zero-order chi connectivity index (χ0) is 21.1. The van der Waals surface area contributed by atoms with E-state index < -0.39 is 28.5 Å². The molecule has 0 saturated heterocycles. The standard InChI is InChI=1S/C18H22N2O7S/c1-11-8-14(12(2)27-11)18(22)26-10-17(21)19-13-6-7-15(25-5)16(9-13)28(23,24)20(3)4/h6-9H,10H2,1-5H3,(H,19,21). The minimum absolute atomic E-state index is 0.0979. The minimum Gasteiger partial charge on any atom is -0.495 e. The molecule has 1 N–H and O–H groups in total. The molecule has 0 radical (unpaired) electrons. The molecular weight excluding hydrogens is 388 g/mol. The predicted octanol–water partition coefficient (Wildman–Crippen LogP) is 1.95. The molecule has 152 valence electrons. The number of methoxy groups -OCH3 is 1. The van der Waals surface area contributed by atoms with Gasteiger partial charge in [0.15, 0.2) is 6.61 Å². The molecule has 0 atom stereocenters. The molecular formula is C18H22N2O7S. The second-order valence-corrected chi connectivity index (χ2v) is 8.22. The summed E-state index contributed by atoms with van der Waals surface area (Å²) in [6, 6.07) is 5.71. The molecule has 0 saturated carbocycles. The Labute approximate surface area is 163 Å². The van der Waals surface area contributed by atoms with Crippen LogP contribution < -0.4 is 10.1 Å². The van der Waals surface area contributed by atoms with Crippen LogP contribution in [0.15, 0.2) is 33.6 Å². The van der Waals surface area contributed by atoms with Crippen molar-refractivity contribution in [3.05, 3.63) is 41.3 Å². The Kier molecular flexibility index (Phi) is 6.47. The quantitative estimate of drug-likeness (QED) is 0.694. The molecule has 0 aliphatic heterocycles. The summed E-state index contributed by atoms with van der Waals surface area (Å²) in [4.78, 5) is 24.0. The molecule has 28 heavy (non-hydrogen) atoms. The number of amides is 1. The van der Waals surface area contributed by atoms with Crippen molar-refractivity contribution in [2.75, 3.05) is 33.1 Å². The fourth-order valence-corrected chi connectivity index (χ4v) is 3.47. The van der Waals surface area contributed by atoms with Crippen molar-refractivity contribution in [2.45, 2.75) is 18.7 Å². The van der Waals surface area contributed by atoms with E-state index in [9.17, 15) is 18.0 Å². The van der Waals surface area contributed by atoms with Gasteiger partial charge >= 0.3 is 5.97 Å². The number of sulfonamides is 1. The maximum Gasteiger partial charge on any atom is 0.342 e. The van der Waals surface area contributed by atoms with Gasteiger partial charge in [0, 0.05) is 19.8 Å². The van der Waals surface area contributed by atoms with Crippen molar-refractivity contribution >= 4 is 27.6 Å². The van der Waals surface area contributed by atoms with Crippen molar-refractivity contribution in [1.82, 2.24) is 4.31 Å². The number of esters is 1. The highest BCUT2D eigenvalue weighted by molar-refractivity contribution is 7.89. The SMILES string of the molecule is COc1ccc(NC(=O)COC(=O)c2cc(C)oc2C)cc1S(=O)(=O)N(C)C.